The fraction of sp³-hybridized carbons (Fsp3) is 0.368. The summed E-state index contributed by atoms with van der Waals surface area (Å²) >= 11 is 3.04. The lowest BCUT2D eigenvalue weighted by Gasteiger charge is -2.33. The third-order valence-corrected chi connectivity index (χ3v) is 6.78. The summed E-state index contributed by atoms with van der Waals surface area (Å²) in [6.07, 6.45) is 3.40. The summed E-state index contributed by atoms with van der Waals surface area (Å²) in [6, 6.07) is 10.1. The van der Waals surface area contributed by atoms with Gasteiger partial charge in [0.05, 0.1) is 22.4 Å². The van der Waals surface area contributed by atoms with Gasteiger partial charge in [0.1, 0.15) is 10.6 Å². The van der Waals surface area contributed by atoms with E-state index in [0.29, 0.717) is 6.04 Å². The number of rotatable bonds is 4. The van der Waals surface area contributed by atoms with E-state index in [9.17, 15) is 4.79 Å². The number of thiazole rings is 1. The number of likely N-dealkylation sites (tertiary alicyclic amines) is 1. The summed E-state index contributed by atoms with van der Waals surface area (Å²) < 4.78 is 6.41. The summed E-state index contributed by atoms with van der Waals surface area (Å²) in [6.45, 7) is 3.00. The molecule has 0 radical (unpaired) electrons. The number of piperidine rings is 1. The number of carbonyl (C=O) groups is 1. The Balaban J connectivity index is 1.55. The van der Waals surface area contributed by atoms with Crippen LogP contribution in [-0.4, -0.2) is 35.5 Å². The number of carbonyl (C=O) groups excluding carboxylic acids is 1. The lowest BCUT2D eigenvalue weighted by atomic mass is 10.0. The van der Waals surface area contributed by atoms with Crippen LogP contribution in [0, 0.1) is 0 Å². The molecule has 0 aliphatic carbocycles. The zero-order valence-corrected chi connectivity index (χ0v) is 16.5. The lowest BCUT2D eigenvalue weighted by molar-refractivity contribution is 0.0641. The molecule has 3 aromatic rings. The highest BCUT2D eigenvalue weighted by molar-refractivity contribution is 7.29. The normalized spacial score (nSPS) is 17.5. The minimum absolute atomic E-state index is 0.145. The number of methoxy groups -OCH3 is 1. The first-order valence-corrected chi connectivity index (χ1v) is 10.4. The molecule has 136 valence electrons. The van der Waals surface area contributed by atoms with Crippen LogP contribution in [0.15, 0.2) is 30.3 Å². The average molecular weight is 388 g/mol. The number of amides is 1. The number of thiophene rings is 1. The number of hydrogen-bond donors (Lipinski definition) is 1. The average Bonchev–Trinajstić information content (AvgIpc) is 3.20. The highest BCUT2D eigenvalue weighted by Gasteiger charge is 2.26. The van der Waals surface area contributed by atoms with Gasteiger partial charge in [-0.1, -0.05) is 23.5 Å². The summed E-state index contributed by atoms with van der Waals surface area (Å²) in [5.41, 5.74) is 0.884. The van der Waals surface area contributed by atoms with Crippen LogP contribution >= 0.6 is 22.7 Å². The van der Waals surface area contributed by atoms with Gasteiger partial charge in [0.15, 0.2) is 5.13 Å². The van der Waals surface area contributed by atoms with E-state index in [-0.39, 0.29) is 5.91 Å². The summed E-state index contributed by atoms with van der Waals surface area (Å²) in [5.74, 6) is 0.924. The molecule has 0 unspecified atom stereocenters. The molecule has 1 atom stereocenters. The maximum absolute atomic E-state index is 12.8. The molecule has 4 rings (SSSR count). The molecule has 5 nitrogen and oxygen atoms in total. The number of ether oxygens (including phenoxy) is 1. The molecule has 1 aliphatic rings. The summed E-state index contributed by atoms with van der Waals surface area (Å²) in [4.78, 5) is 21.2. The molecule has 1 saturated heterocycles. The van der Waals surface area contributed by atoms with Crippen molar-refractivity contribution in [2.45, 2.75) is 32.2 Å². The van der Waals surface area contributed by atoms with Gasteiger partial charge in [-0.25, -0.2) is 4.98 Å². The fourth-order valence-electron chi connectivity index (χ4n) is 3.30. The number of hydrogen-bond acceptors (Lipinski definition) is 6. The predicted octanol–water partition coefficient (Wildman–Crippen LogP) is 5.12. The number of anilines is 2. The van der Waals surface area contributed by atoms with E-state index in [1.54, 1.807) is 18.4 Å². The number of nitrogens with zero attached hydrogens (tertiary/aromatic N) is 2. The molecule has 2 aromatic heterocycles. The van der Waals surface area contributed by atoms with Gasteiger partial charge in [-0.3, -0.25) is 4.79 Å². The van der Waals surface area contributed by atoms with Gasteiger partial charge in [0, 0.05) is 12.6 Å². The van der Waals surface area contributed by atoms with Crippen molar-refractivity contribution >= 4 is 48.9 Å². The van der Waals surface area contributed by atoms with Crippen LogP contribution in [0.1, 0.15) is 35.9 Å². The Bertz CT molecular complexity index is 902. The molecule has 0 saturated carbocycles. The van der Waals surface area contributed by atoms with Crippen LogP contribution in [0.4, 0.5) is 10.8 Å². The van der Waals surface area contributed by atoms with Gasteiger partial charge in [-0.15, -0.1) is 11.3 Å². The van der Waals surface area contributed by atoms with Gasteiger partial charge in [0.2, 0.25) is 0 Å². The number of nitrogens with one attached hydrogen (secondary N) is 1. The van der Waals surface area contributed by atoms with Gasteiger partial charge in [-0.05, 0) is 44.4 Å². The van der Waals surface area contributed by atoms with Gasteiger partial charge in [-0.2, -0.15) is 0 Å². The van der Waals surface area contributed by atoms with Crippen LogP contribution in [-0.2, 0) is 0 Å². The van der Waals surface area contributed by atoms with Crippen molar-refractivity contribution in [1.82, 2.24) is 9.88 Å². The maximum atomic E-state index is 12.8. The van der Waals surface area contributed by atoms with Crippen LogP contribution in [0.25, 0.3) is 9.53 Å². The third-order valence-electron chi connectivity index (χ3n) is 4.71. The SMILES string of the molecule is COc1ccccc1Nc1nc2sc(C(=O)N3CCCC[C@H]3C)cc2s1. The molecule has 1 amide bonds. The van der Waals surface area contributed by atoms with Crippen molar-refractivity contribution in [3.8, 4) is 5.75 Å². The van der Waals surface area contributed by atoms with E-state index in [2.05, 4.69) is 17.2 Å². The zero-order valence-electron chi connectivity index (χ0n) is 14.8. The maximum Gasteiger partial charge on any atom is 0.264 e. The molecule has 1 aliphatic heterocycles. The summed E-state index contributed by atoms with van der Waals surface area (Å²) in [7, 11) is 1.65. The van der Waals surface area contributed by atoms with Crippen molar-refractivity contribution in [2.75, 3.05) is 19.0 Å². The molecule has 0 bridgehead atoms. The van der Waals surface area contributed by atoms with Crippen molar-refractivity contribution in [1.29, 1.82) is 0 Å². The molecule has 1 fully saturated rings. The second-order valence-electron chi connectivity index (χ2n) is 6.47. The van der Waals surface area contributed by atoms with Gasteiger partial charge >= 0.3 is 0 Å². The monoisotopic (exact) mass is 387 g/mol. The van der Waals surface area contributed by atoms with Crippen molar-refractivity contribution < 1.29 is 9.53 Å². The van der Waals surface area contributed by atoms with Crippen LogP contribution in [0.3, 0.4) is 0 Å². The predicted molar refractivity (Wildman–Crippen MR) is 108 cm³/mol. The number of aromatic nitrogens is 1. The van der Waals surface area contributed by atoms with E-state index in [1.807, 2.05) is 35.2 Å². The van der Waals surface area contributed by atoms with Crippen molar-refractivity contribution in [3.63, 3.8) is 0 Å². The Morgan fingerprint density at radius 3 is 2.92 bits per heavy atom. The quantitative estimate of drug-likeness (QED) is 0.675. The van der Waals surface area contributed by atoms with Crippen LogP contribution < -0.4 is 10.1 Å². The molecular formula is C19H21N3O2S2. The number of para-hydroxylation sites is 2. The molecule has 3 heterocycles. The Labute approximate surface area is 160 Å². The first kappa shape index (κ1) is 17.3. The number of fused-ring (bicyclic) bond motifs is 1. The largest absolute Gasteiger partial charge is 0.495 e. The van der Waals surface area contributed by atoms with Crippen molar-refractivity contribution in [2.24, 2.45) is 0 Å². The van der Waals surface area contributed by atoms with E-state index in [4.69, 9.17) is 4.74 Å². The minimum atomic E-state index is 0.145. The first-order chi connectivity index (χ1) is 12.7. The molecule has 0 spiro atoms. The van der Waals surface area contributed by atoms with Crippen LogP contribution in [0.5, 0.6) is 5.75 Å². The van der Waals surface area contributed by atoms with E-state index in [1.165, 1.54) is 17.8 Å². The first-order valence-electron chi connectivity index (χ1n) is 8.77. The van der Waals surface area contributed by atoms with E-state index in [0.717, 1.165) is 50.4 Å². The topological polar surface area (TPSA) is 54.5 Å². The Hall–Kier alpha value is -2.12. The Morgan fingerprint density at radius 1 is 1.31 bits per heavy atom. The summed E-state index contributed by atoms with van der Waals surface area (Å²) in [5, 5.41) is 4.12. The zero-order chi connectivity index (χ0) is 18.1. The van der Waals surface area contributed by atoms with Crippen LogP contribution in [0.2, 0.25) is 0 Å². The fourth-order valence-corrected chi connectivity index (χ4v) is 5.38. The van der Waals surface area contributed by atoms with Gasteiger partial charge in [0.25, 0.3) is 5.91 Å². The van der Waals surface area contributed by atoms with Crippen molar-refractivity contribution in [3.05, 3.63) is 35.2 Å². The molecule has 7 heteroatoms. The Morgan fingerprint density at radius 2 is 2.15 bits per heavy atom. The molecule has 26 heavy (non-hydrogen) atoms. The number of benzene rings is 1. The lowest BCUT2D eigenvalue weighted by Crippen LogP contribution is -2.41. The minimum Gasteiger partial charge on any atom is -0.495 e. The molecular weight excluding hydrogens is 366 g/mol. The van der Waals surface area contributed by atoms with Gasteiger partial charge < -0.3 is 15.0 Å². The highest BCUT2D eigenvalue weighted by Crippen LogP contribution is 2.36. The van der Waals surface area contributed by atoms with E-state index >= 15 is 0 Å². The second kappa shape index (κ2) is 7.25. The highest BCUT2D eigenvalue weighted by atomic mass is 32.1. The van der Waals surface area contributed by atoms with E-state index < -0.39 is 0 Å². The standard InChI is InChI=1S/C19H21N3O2S2/c1-12-7-5-6-10-22(12)18(23)16-11-15-17(25-16)21-19(26-15)20-13-8-3-4-9-14(13)24-2/h3-4,8-9,11-12H,5-7,10H2,1-2H3,(H,20,21)/t12-/m1/s1. The third kappa shape index (κ3) is 3.29. The molecule has 1 N–H and O–H groups in total. The smallest absolute Gasteiger partial charge is 0.264 e. The molecule has 1 aromatic carbocycles. The second-order valence-corrected chi connectivity index (χ2v) is 8.53. The Kier molecular flexibility index (Phi) is 4.82.